The highest BCUT2D eigenvalue weighted by Crippen LogP contribution is 2.34. The topological polar surface area (TPSA) is 101 Å². The molecule has 1 aliphatic rings. The van der Waals surface area contributed by atoms with Gasteiger partial charge in [-0.05, 0) is 0 Å². The van der Waals surface area contributed by atoms with E-state index >= 15 is 0 Å². The van der Waals surface area contributed by atoms with Crippen molar-refractivity contribution in [3.63, 3.8) is 0 Å². The Morgan fingerprint density at radius 2 is 1.75 bits per heavy atom. The molecule has 1 aliphatic heterocycles. The maximum Gasteiger partial charge on any atom is 0.128 e. The van der Waals surface area contributed by atoms with Crippen LogP contribution < -0.4 is 0 Å². The van der Waals surface area contributed by atoms with Crippen LogP contribution in [0, 0.1) is 0 Å². The number of aliphatic hydroxyl groups is 5. The van der Waals surface area contributed by atoms with E-state index in [9.17, 15) is 5.11 Å². The molecule has 12 heavy (non-hydrogen) atoms. The van der Waals surface area contributed by atoms with Gasteiger partial charge >= 0.3 is 0 Å². The zero-order valence-electron chi connectivity index (χ0n) is 6.24. The summed E-state index contributed by atoms with van der Waals surface area (Å²) in [6.45, 7) is -0.492. The average molecular weight is 196 g/mol. The SMILES string of the molecule is OC[C@@H](O)[C@@H]1SC(O)[C@H](O)[C@H]1O. The summed E-state index contributed by atoms with van der Waals surface area (Å²) in [6, 6.07) is 0. The molecule has 0 spiro atoms. The molecule has 72 valence electrons. The number of hydrogen-bond donors (Lipinski definition) is 5. The van der Waals surface area contributed by atoms with Crippen LogP contribution in [0.1, 0.15) is 0 Å². The van der Waals surface area contributed by atoms with Gasteiger partial charge in [0.2, 0.25) is 0 Å². The summed E-state index contributed by atoms with van der Waals surface area (Å²) in [5.74, 6) is 0. The molecule has 0 bridgehead atoms. The fourth-order valence-electron chi connectivity index (χ4n) is 1.11. The zero-order chi connectivity index (χ0) is 9.30. The van der Waals surface area contributed by atoms with Crippen molar-refractivity contribution >= 4 is 11.8 Å². The van der Waals surface area contributed by atoms with Crippen molar-refractivity contribution in [2.24, 2.45) is 0 Å². The Balaban J connectivity index is 2.58. The first kappa shape index (κ1) is 10.2. The van der Waals surface area contributed by atoms with Crippen molar-refractivity contribution < 1.29 is 25.5 Å². The lowest BCUT2D eigenvalue weighted by Crippen LogP contribution is -2.39. The van der Waals surface area contributed by atoms with E-state index in [1.807, 2.05) is 0 Å². The van der Waals surface area contributed by atoms with E-state index < -0.39 is 35.6 Å². The highest BCUT2D eigenvalue weighted by Gasteiger charge is 2.44. The largest absolute Gasteiger partial charge is 0.394 e. The number of aliphatic hydroxyl groups excluding tert-OH is 5. The summed E-state index contributed by atoms with van der Waals surface area (Å²) in [5.41, 5.74) is -1.09. The van der Waals surface area contributed by atoms with Crippen molar-refractivity contribution in [2.45, 2.75) is 29.0 Å². The Morgan fingerprint density at radius 1 is 1.17 bits per heavy atom. The second-order valence-electron chi connectivity index (χ2n) is 2.72. The number of rotatable bonds is 2. The maximum atomic E-state index is 9.23. The predicted molar refractivity (Wildman–Crippen MR) is 42.5 cm³/mol. The van der Waals surface area contributed by atoms with E-state index in [2.05, 4.69) is 0 Å². The normalized spacial score (nSPS) is 44.8. The van der Waals surface area contributed by atoms with E-state index in [0.29, 0.717) is 0 Å². The fraction of sp³-hybridized carbons (Fsp3) is 1.00. The third-order valence-corrected chi connectivity index (χ3v) is 3.31. The molecule has 0 saturated carbocycles. The van der Waals surface area contributed by atoms with Gasteiger partial charge in [-0.25, -0.2) is 0 Å². The number of hydrogen-bond acceptors (Lipinski definition) is 6. The van der Waals surface area contributed by atoms with Crippen LogP contribution in [-0.2, 0) is 0 Å². The molecule has 0 aromatic carbocycles. The van der Waals surface area contributed by atoms with Crippen LogP contribution in [0.25, 0.3) is 0 Å². The quantitative estimate of drug-likeness (QED) is 0.334. The summed E-state index contributed by atoms with van der Waals surface area (Å²) >= 11 is 0.860. The molecule has 1 rings (SSSR count). The van der Waals surface area contributed by atoms with Crippen LogP contribution in [0.2, 0.25) is 0 Å². The van der Waals surface area contributed by atoms with E-state index in [4.69, 9.17) is 20.4 Å². The van der Waals surface area contributed by atoms with Gasteiger partial charge in [-0.2, -0.15) is 0 Å². The molecule has 6 heteroatoms. The van der Waals surface area contributed by atoms with Crippen LogP contribution in [0.4, 0.5) is 0 Å². The lowest BCUT2D eigenvalue weighted by molar-refractivity contribution is -0.0333. The minimum atomic E-state index is -1.25. The van der Waals surface area contributed by atoms with Gasteiger partial charge < -0.3 is 25.5 Å². The van der Waals surface area contributed by atoms with Crippen LogP contribution >= 0.6 is 11.8 Å². The maximum absolute atomic E-state index is 9.23. The second-order valence-corrected chi connectivity index (χ2v) is 4.02. The van der Waals surface area contributed by atoms with E-state index in [1.165, 1.54) is 0 Å². The fourth-order valence-corrected chi connectivity index (χ4v) is 2.34. The zero-order valence-corrected chi connectivity index (χ0v) is 7.05. The van der Waals surface area contributed by atoms with E-state index in [0.717, 1.165) is 11.8 Å². The lowest BCUT2D eigenvalue weighted by Gasteiger charge is -2.18. The summed E-state index contributed by atoms with van der Waals surface area (Å²) in [4.78, 5) is 0. The van der Waals surface area contributed by atoms with Gasteiger partial charge in [-0.3, -0.25) is 0 Å². The standard InChI is InChI=1S/C6H12O5S/c7-1-2(8)5-3(9)4(10)6(11)12-5/h2-11H,1H2/t2-,3-,4-,5+,6?/m1/s1. The molecular formula is C6H12O5S. The Bertz CT molecular complexity index is 155. The van der Waals surface area contributed by atoms with Crippen LogP contribution in [-0.4, -0.2) is 61.1 Å². The Hall–Kier alpha value is 0.150. The number of thioether (sulfide) groups is 1. The minimum Gasteiger partial charge on any atom is -0.394 e. The van der Waals surface area contributed by atoms with Gasteiger partial charge in [0.1, 0.15) is 11.5 Å². The first-order valence-electron chi connectivity index (χ1n) is 3.56. The van der Waals surface area contributed by atoms with Gasteiger partial charge in [-0.15, -0.1) is 11.8 Å². The lowest BCUT2D eigenvalue weighted by atomic mass is 10.1. The van der Waals surface area contributed by atoms with Gasteiger partial charge in [0.15, 0.2) is 0 Å². The third-order valence-electron chi connectivity index (χ3n) is 1.84. The van der Waals surface area contributed by atoms with Crippen molar-refractivity contribution in [3.05, 3.63) is 0 Å². The van der Waals surface area contributed by atoms with Crippen molar-refractivity contribution in [1.29, 1.82) is 0 Å². The van der Waals surface area contributed by atoms with E-state index in [1.54, 1.807) is 0 Å². The molecule has 0 aromatic heterocycles. The van der Waals surface area contributed by atoms with Crippen LogP contribution in [0.5, 0.6) is 0 Å². The molecule has 5 N–H and O–H groups in total. The van der Waals surface area contributed by atoms with Crippen molar-refractivity contribution in [1.82, 2.24) is 0 Å². The molecular weight excluding hydrogens is 184 g/mol. The molecule has 1 unspecified atom stereocenters. The van der Waals surface area contributed by atoms with Gasteiger partial charge in [0, 0.05) is 0 Å². The monoisotopic (exact) mass is 196 g/mol. The molecule has 0 radical (unpaired) electrons. The molecule has 5 atom stereocenters. The first-order valence-corrected chi connectivity index (χ1v) is 4.50. The molecule has 1 saturated heterocycles. The van der Waals surface area contributed by atoms with Crippen molar-refractivity contribution in [3.8, 4) is 0 Å². The molecule has 1 heterocycles. The summed E-state index contributed by atoms with van der Waals surface area (Å²) in [6.07, 6.45) is -3.55. The highest BCUT2D eigenvalue weighted by atomic mass is 32.2. The molecule has 1 fully saturated rings. The third kappa shape index (κ3) is 1.73. The Morgan fingerprint density at radius 3 is 2.08 bits per heavy atom. The molecule has 0 aromatic rings. The molecule has 0 aliphatic carbocycles. The van der Waals surface area contributed by atoms with Gasteiger partial charge in [-0.1, -0.05) is 0 Å². The molecule has 5 nitrogen and oxygen atoms in total. The van der Waals surface area contributed by atoms with Crippen LogP contribution in [0.3, 0.4) is 0 Å². The minimum absolute atomic E-state index is 0.492. The van der Waals surface area contributed by atoms with Crippen molar-refractivity contribution in [2.75, 3.05) is 6.61 Å². The predicted octanol–water partition coefficient (Wildman–Crippen LogP) is -2.50. The van der Waals surface area contributed by atoms with Gasteiger partial charge in [0.25, 0.3) is 0 Å². The highest BCUT2D eigenvalue weighted by molar-refractivity contribution is 8.00. The molecule has 0 amide bonds. The first-order chi connectivity index (χ1) is 5.57. The van der Waals surface area contributed by atoms with Gasteiger partial charge in [0.05, 0.1) is 24.1 Å². The smallest absolute Gasteiger partial charge is 0.128 e. The van der Waals surface area contributed by atoms with Crippen LogP contribution in [0.15, 0.2) is 0 Å². The average Bonchev–Trinajstić information content (AvgIpc) is 2.32. The second kappa shape index (κ2) is 3.91. The Kier molecular flexibility index (Phi) is 3.33. The summed E-state index contributed by atoms with van der Waals surface area (Å²) in [5, 5.41) is 44.3. The summed E-state index contributed by atoms with van der Waals surface area (Å²) in [7, 11) is 0. The summed E-state index contributed by atoms with van der Waals surface area (Å²) < 4.78 is 0. The Labute approximate surface area is 73.7 Å². The van der Waals surface area contributed by atoms with E-state index in [-0.39, 0.29) is 0 Å².